The number of nitriles is 1. The number of hydrogen-bond donors (Lipinski definition) is 1. The maximum atomic E-state index is 12.4. The van der Waals surface area contributed by atoms with Gasteiger partial charge in [0.2, 0.25) is 0 Å². The van der Waals surface area contributed by atoms with Gasteiger partial charge in [-0.25, -0.2) is 0 Å². The van der Waals surface area contributed by atoms with E-state index in [0.29, 0.717) is 39.0 Å². The van der Waals surface area contributed by atoms with Crippen LogP contribution < -0.4 is 0 Å². The van der Waals surface area contributed by atoms with Gasteiger partial charge in [0.1, 0.15) is 11.6 Å². The number of nitrogens with zero attached hydrogens (tertiary/aromatic N) is 4. The summed E-state index contributed by atoms with van der Waals surface area (Å²) in [6, 6.07) is 1.99. The van der Waals surface area contributed by atoms with Crippen molar-refractivity contribution >= 4 is 11.9 Å². The Morgan fingerprint density at radius 1 is 1.14 bits per heavy atom. The lowest BCUT2D eigenvalue weighted by Crippen LogP contribution is -2.47. The SMILES string of the molecule is CN1CCN(C(=O)/C(C#N)=C\N2CCC(C(=O)O)CC2)CC1. The van der Waals surface area contributed by atoms with Gasteiger partial charge in [0.25, 0.3) is 5.91 Å². The number of rotatable bonds is 3. The first-order valence-electron chi connectivity index (χ1n) is 7.58. The van der Waals surface area contributed by atoms with Crippen LogP contribution in [0.15, 0.2) is 11.8 Å². The minimum atomic E-state index is -0.766. The highest BCUT2D eigenvalue weighted by Gasteiger charge is 2.26. The summed E-state index contributed by atoms with van der Waals surface area (Å²) < 4.78 is 0. The summed E-state index contributed by atoms with van der Waals surface area (Å²) in [6.07, 6.45) is 2.69. The highest BCUT2D eigenvalue weighted by Crippen LogP contribution is 2.18. The van der Waals surface area contributed by atoms with Crippen molar-refractivity contribution in [1.29, 1.82) is 5.26 Å². The van der Waals surface area contributed by atoms with Gasteiger partial charge in [0, 0.05) is 45.5 Å². The van der Waals surface area contributed by atoms with Crippen molar-refractivity contribution in [1.82, 2.24) is 14.7 Å². The largest absolute Gasteiger partial charge is 0.481 e. The Morgan fingerprint density at radius 3 is 2.23 bits per heavy atom. The summed E-state index contributed by atoms with van der Waals surface area (Å²) in [6.45, 7) is 4.03. The second-order valence-electron chi connectivity index (χ2n) is 5.90. The molecule has 1 amide bonds. The number of carbonyl (C=O) groups excluding carboxylic acids is 1. The van der Waals surface area contributed by atoms with Gasteiger partial charge in [0.15, 0.2) is 0 Å². The molecular weight excluding hydrogens is 284 g/mol. The molecule has 0 saturated carbocycles. The number of carbonyl (C=O) groups is 2. The van der Waals surface area contributed by atoms with E-state index in [1.54, 1.807) is 11.1 Å². The van der Waals surface area contributed by atoms with Gasteiger partial charge in [-0.15, -0.1) is 0 Å². The van der Waals surface area contributed by atoms with Crippen LogP contribution in [0.1, 0.15) is 12.8 Å². The van der Waals surface area contributed by atoms with Crippen molar-refractivity contribution < 1.29 is 14.7 Å². The predicted molar refractivity (Wildman–Crippen MR) is 79.7 cm³/mol. The zero-order valence-electron chi connectivity index (χ0n) is 12.9. The van der Waals surface area contributed by atoms with Crippen LogP contribution in [-0.2, 0) is 9.59 Å². The third-order valence-corrected chi connectivity index (χ3v) is 4.33. The topological polar surface area (TPSA) is 87.9 Å². The van der Waals surface area contributed by atoms with E-state index in [1.807, 2.05) is 18.0 Å². The molecule has 0 aromatic carbocycles. The second-order valence-corrected chi connectivity index (χ2v) is 5.90. The quantitative estimate of drug-likeness (QED) is 0.582. The third-order valence-electron chi connectivity index (χ3n) is 4.33. The van der Waals surface area contributed by atoms with Crippen LogP contribution in [0.3, 0.4) is 0 Å². The summed E-state index contributed by atoms with van der Waals surface area (Å²) in [4.78, 5) is 29.0. The van der Waals surface area contributed by atoms with Crippen molar-refractivity contribution in [2.45, 2.75) is 12.8 Å². The number of amides is 1. The molecule has 1 N–H and O–H groups in total. The van der Waals surface area contributed by atoms with Crippen molar-refractivity contribution in [3.05, 3.63) is 11.8 Å². The molecule has 0 spiro atoms. The summed E-state index contributed by atoms with van der Waals surface area (Å²) in [7, 11) is 2.01. The van der Waals surface area contributed by atoms with Crippen LogP contribution in [0, 0.1) is 17.2 Å². The van der Waals surface area contributed by atoms with Crippen LogP contribution in [0.5, 0.6) is 0 Å². The molecule has 0 aromatic rings. The van der Waals surface area contributed by atoms with Crippen LogP contribution >= 0.6 is 0 Å². The van der Waals surface area contributed by atoms with Crippen molar-refractivity contribution in [2.24, 2.45) is 5.92 Å². The zero-order chi connectivity index (χ0) is 16.1. The molecule has 0 aliphatic carbocycles. The molecule has 2 aliphatic heterocycles. The van der Waals surface area contributed by atoms with Crippen molar-refractivity contribution in [2.75, 3.05) is 46.3 Å². The molecule has 7 nitrogen and oxygen atoms in total. The average molecular weight is 306 g/mol. The lowest BCUT2D eigenvalue weighted by atomic mass is 9.97. The highest BCUT2D eigenvalue weighted by atomic mass is 16.4. The lowest BCUT2D eigenvalue weighted by Gasteiger charge is -2.33. The minimum Gasteiger partial charge on any atom is -0.481 e. The van der Waals surface area contributed by atoms with Gasteiger partial charge in [0.05, 0.1) is 5.92 Å². The number of carboxylic acid groups (broad SMARTS) is 1. The van der Waals surface area contributed by atoms with E-state index in [2.05, 4.69) is 4.90 Å². The number of piperazine rings is 1. The van der Waals surface area contributed by atoms with E-state index in [1.165, 1.54) is 0 Å². The average Bonchev–Trinajstić information content (AvgIpc) is 2.53. The fourth-order valence-electron chi connectivity index (χ4n) is 2.77. The number of likely N-dealkylation sites (tertiary alicyclic amines) is 1. The standard InChI is InChI=1S/C15H22N4O3/c1-17-6-8-19(9-7-17)14(20)13(10-16)11-18-4-2-12(3-5-18)15(21)22/h11-12H,2-9H2,1H3,(H,21,22)/b13-11-. The van der Waals surface area contributed by atoms with E-state index < -0.39 is 5.97 Å². The number of carboxylic acids is 1. The first-order chi connectivity index (χ1) is 10.5. The summed E-state index contributed by atoms with van der Waals surface area (Å²) in [5.74, 6) is -1.31. The van der Waals surface area contributed by atoms with Gasteiger partial charge in [-0.05, 0) is 19.9 Å². The van der Waals surface area contributed by atoms with E-state index in [9.17, 15) is 14.9 Å². The Hall–Kier alpha value is -2.07. The molecule has 0 unspecified atom stereocenters. The third kappa shape index (κ3) is 3.98. The molecule has 120 valence electrons. The molecule has 2 rings (SSSR count). The summed E-state index contributed by atoms with van der Waals surface area (Å²) in [5, 5.41) is 18.2. The molecular formula is C15H22N4O3. The zero-order valence-corrected chi connectivity index (χ0v) is 12.9. The van der Waals surface area contributed by atoms with Crippen LogP contribution in [0.25, 0.3) is 0 Å². The molecule has 0 aromatic heterocycles. The summed E-state index contributed by atoms with van der Waals surface area (Å²) >= 11 is 0. The molecule has 2 heterocycles. The Bertz CT molecular complexity index is 495. The normalized spacial score (nSPS) is 21.5. The number of aliphatic carboxylic acids is 1. The van der Waals surface area contributed by atoms with Crippen molar-refractivity contribution in [3.8, 4) is 6.07 Å². The Labute approximate surface area is 130 Å². The fraction of sp³-hybridized carbons (Fsp3) is 0.667. The molecule has 0 atom stereocenters. The Morgan fingerprint density at radius 2 is 1.73 bits per heavy atom. The molecule has 2 fully saturated rings. The summed E-state index contributed by atoms with van der Waals surface area (Å²) in [5.41, 5.74) is 0.137. The van der Waals surface area contributed by atoms with Gasteiger partial charge in [-0.1, -0.05) is 0 Å². The molecule has 0 bridgehead atoms. The van der Waals surface area contributed by atoms with Gasteiger partial charge in [-0.2, -0.15) is 5.26 Å². The van der Waals surface area contributed by atoms with Crippen molar-refractivity contribution in [3.63, 3.8) is 0 Å². The Kier molecular flexibility index (Phi) is 5.39. The number of likely N-dealkylation sites (N-methyl/N-ethyl adjacent to an activating group) is 1. The minimum absolute atomic E-state index is 0.137. The van der Waals surface area contributed by atoms with Crippen LogP contribution in [0.2, 0.25) is 0 Å². The lowest BCUT2D eigenvalue weighted by molar-refractivity contribution is -0.143. The van der Waals surface area contributed by atoms with Crippen LogP contribution in [0.4, 0.5) is 0 Å². The maximum absolute atomic E-state index is 12.4. The first kappa shape index (κ1) is 16.3. The van der Waals surface area contributed by atoms with E-state index >= 15 is 0 Å². The van der Waals surface area contributed by atoms with Gasteiger partial charge in [-0.3, -0.25) is 9.59 Å². The predicted octanol–water partition coefficient (Wildman–Crippen LogP) is -0.0355. The highest BCUT2D eigenvalue weighted by molar-refractivity contribution is 5.97. The molecule has 7 heteroatoms. The monoisotopic (exact) mass is 306 g/mol. The fourth-order valence-corrected chi connectivity index (χ4v) is 2.77. The van der Waals surface area contributed by atoms with Gasteiger partial charge >= 0.3 is 5.97 Å². The molecule has 0 radical (unpaired) electrons. The second kappa shape index (κ2) is 7.27. The van der Waals surface area contributed by atoms with Gasteiger partial charge < -0.3 is 19.8 Å². The number of hydrogen-bond acceptors (Lipinski definition) is 5. The maximum Gasteiger partial charge on any atom is 0.306 e. The molecule has 2 aliphatic rings. The van der Waals surface area contributed by atoms with E-state index in [-0.39, 0.29) is 17.4 Å². The molecule has 2 saturated heterocycles. The van der Waals surface area contributed by atoms with E-state index in [0.717, 1.165) is 13.1 Å². The first-order valence-corrected chi connectivity index (χ1v) is 7.58. The Balaban J connectivity index is 1.95. The van der Waals surface area contributed by atoms with E-state index in [4.69, 9.17) is 5.11 Å². The molecule has 22 heavy (non-hydrogen) atoms. The smallest absolute Gasteiger partial charge is 0.306 e. The van der Waals surface area contributed by atoms with Crippen LogP contribution in [-0.4, -0.2) is 78.0 Å². The number of piperidine rings is 1.